The van der Waals surface area contributed by atoms with Crippen molar-refractivity contribution in [2.45, 2.75) is 13.5 Å². The summed E-state index contributed by atoms with van der Waals surface area (Å²) in [5, 5.41) is 7.07. The first-order chi connectivity index (χ1) is 10.1. The van der Waals surface area contributed by atoms with E-state index in [1.54, 1.807) is 17.9 Å². The van der Waals surface area contributed by atoms with Crippen molar-refractivity contribution in [1.29, 1.82) is 0 Å². The van der Waals surface area contributed by atoms with Crippen molar-refractivity contribution in [2.24, 2.45) is 7.05 Å². The molecule has 2 rings (SSSR count). The van der Waals surface area contributed by atoms with Gasteiger partial charge in [-0.05, 0) is 36.8 Å². The first-order valence-corrected chi connectivity index (χ1v) is 6.68. The number of nitrogens with one attached hydrogen (secondary N) is 1. The lowest BCUT2D eigenvalue weighted by Crippen LogP contribution is -2.21. The number of ether oxygens (including phenoxy) is 1. The third-order valence-electron chi connectivity index (χ3n) is 3.09. The van der Waals surface area contributed by atoms with E-state index in [9.17, 15) is 4.79 Å². The molecular formula is C16H19N3O2. The summed E-state index contributed by atoms with van der Waals surface area (Å²) in [5.41, 5.74) is 2.86. The Bertz CT molecular complexity index is 642. The molecule has 0 fully saturated rings. The van der Waals surface area contributed by atoms with Gasteiger partial charge in [0.2, 0.25) is 5.91 Å². The van der Waals surface area contributed by atoms with Crippen LogP contribution in [0.25, 0.3) is 6.08 Å². The van der Waals surface area contributed by atoms with Gasteiger partial charge in [-0.15, -0.1) is 0 Å². The molecule has 1 aromatic carbocycles. The van der Waals surface area contributed by atoms with E-state index >= 15 is 0 Å². The van der Waals surface area contributed by atoms with Crippen LogP contribution in [0.3, 0.4) is 0 Å². The van der Waals surface area contributed by atoms with Gasteiger partial charge in [-0.1, -0.05) is 12.1 Å². The quantitative estimate of drug-likeness (QED) is 0.856. The Morgan fingerprint density at radius 2 is 2.10 bits per heavy atom. The molecule has 0 unspecified atom stereocenters. The Morgan fingerprint density at radius 1 is 1.38 bits per heavy atom. The first-order valence-electron chi connectivity index (χ1n) is 6.68. The van der Waals surface area contributed by atoms with E-state index in [-0.39, 0.29) is 5.91 Å². The van der Waals surface area contributed by atoms with Crippen molar-refractivity contribution >= 4 is 12.0 Å². The van der Waals surface area contributed by atoms with E-state index in [4.69, 9.17) is 4.74 Å². The largest absolute Gasteiger partial charge is 0.497 e. The molecule has 2 aromatic rings. The zero-order chi connectivity index (χ0) is 15.2. The summed E-state index contributed by atoms with van der Waals surface area (Å²) in [5.74, 6) is 0.660. The number of carbonyl (C=O) groups excluding carboxylic acids is 1. The van der Waals surface area contributed by atoms with E-state index in [2.05, 4.69) is 10.4 Å². The summed E-state index contributed by atoms with van der Waals surface area (Å²) in [7, 11) is 3.49. The number of nitrogens with zero attached hydrogens (tertiary/aromatic N) is 2. The van der Waals surface area contributed by atoms with Gasteiger partial charge in [-0.3, -0.25) is 9.48 Å². The summed E-state index contributed by atoms with van der Waals surface area (Å²) in [6, 6.07) is 9.46. The smallest absolute Gasteiger partial charge is 0.244 e. The molecule has 5 heteroatoms. The van der Waals surface area contributed by atoms with Crippen molar-refractivity contribution in [3.63, 3.8) is 0 Å². The van der Waals surface area contributed by atoms with Crippen LogP contribution in [-0.2, 0) is 18.4 Å². The number of aromatic nitrogens is 2. The molecule has 1 aromatic heterocycles. The molecule has 0 aliphatic carbocycles. The fourth-order valence-electron chi connectivity index (χ4n) is 1.95. The lowest BCUT2D eigenvalue weighted by atomic mass is 10.2. The van der Waals surface area contributed by atoms with Crippen LogP contribution in [0, 0.1) is 6.92 Å². The minimum Gasteiger partial charge on any atom is -0.497 e. The van der Waals surface area contributed by atoms with Gasteiger partial charge in [0.25, 0.3) is 0 Å². The Morgan fingerprint density at radius 3 is 2.67 bits per heavy atom. The van der Waals surface area contributed by atoms with Crippen LogP contribution in [0.5, 0.6) is 5.75 Å². The maximum Gasteiger partial charge on any atom is 0.244 e. The lowest BCUT2D eigenvalue weighted by Gasteiger charge is -2.02. The Labute approximate surface area is 124 Å². The van der Waals surface area contributed by atoms with Gasteiger partial charge in [0, 0.05) is 13.1 Å². The van der Waals surface area contributed by atoms with Crippen molar-refractivity contribution in [3.05, 3.63) is 53.4 Å². The highest BCUT2D eigenvalue weighted by atomic mass is 16.5. The molecule has 110 valence electrons. The molecular weight excluding hydrogens is 266 g/mol. The molecule has 21 heavy (non-hydrogen) atoms. The van der Waals surface area contributed by atoms with E-state index in [1.165, 1.54) is 6.08 Å². The second-order valence-corrected chi connectivity index (χ2v) is 4.72. The number of rotatable bonds is 5. The first kappa shape index (κ1) is 14.8. The Balaban J connectivity index is 1.88. The van der Waals surface area contributed by atoms with Crippen molar-refractivity contribution in [3.8, 4) is 5.75 Å². The minimum atomic E-state index is -0.135. The van der Waals surface area contributed by atoms with Crippen LogP contribution in [-0.4, -0.2) is 22.8 Å². The average Bonchev–Trinajstić information content (AvgIpc) is 2.81. The van der Waals surface area contributed by atoms with Gasteiger partial charge in [-0.25, -0.2) is 0 Å². The number of hydrogen-bond donors (Lipinski definition) is 1. The highest BCUT2D eigenvalue weighted by Crippen LogP contribution is 2.12. The summed E-state index contributed by atoms with van der Waals surface area (Å²) in [6.45, 7) is 2.39. The maximum atomic E-state index is 11.8. The molecule has 0 spiro atoms. The second-order valence-electron chi connectivity index (χ2n) is 4.72. The molecule has 5 nitrogen and oxygen atoms in total. The number of benzene rings is 1. The zero-order valence-corrected chi connectivity index (χ0v) is 12.5. The molecule has 0 radical (unpaired) electrons. The van der Waals surface area contributed by atoms with Gasteiger partial charge in [0.05, 0.1) is 25.0 Å². The summed E-state index contributed by atoms with van der Waals surface area (Å²) >= 11 is 0. The molecule has 1 heterocycles. The predicted octanol–water partition coefficient (Wildman–Crippen LogP) is 2.07. The van der Waals surface area contributed by atoms with E-state index in [0.717, 1.165) is 22.7 Å². The van der Waals surface area contributed by atoms with Crippen LogP contribution in [0.2, 0.25) is 0 Å². The number of amides is 1. The number of aryl methyl sites for hydroxylation is 2. The van der Waals surface area contributed by atoms with Crippen molar-refractivity contribution < 1.29 is 9.53 Å². The minimum absolute atomic E-state index is 0.135. The maximum absolute atomic E-state index is 11.8. The van der Waals surface area contributed by atoms with E-state index in [1.807, 2.05) is 44.3 Å². The number of methoxy groups -OCH3 is 1. The Hall–Kier alpha value is -2.56. The van der Waals surface area contributed by atoms with Gasteiger partial charge in [0.1, 0.15) is 5.75 Å². The zero-order valence-electron chi connectivity index (χ0n) is 12.5. The van der Waals surface area contributed by atoms with E-state index in [0.29, 0.717) is 6.54 Å². The van der Waals surface area contributed by atoms with Crippen LogP contribution >= 0.6 is 0 Å². The highest BCUT2D eigenvalue weighted by Gasteiger charge is 2.03. The number of hydrogen-bond acceptors (Lipinski definition) is 3. The summed E-state index contributed by atoms with van der Waals surface area (Å²) in [4.78, 5) is 11.8. The molecule has 1 amide bonds. The SMILES string of the molecule is COc1ccc(/C=C/C(=O)NCc2cc(C)nn2C)cc1. The van der Waals surface area contributed by atoms with Crippen molar-refractivity contribution in [1.82, 2.24) is 15.1 Å². The molecule has 0 bridgehead atoms. The van der Waals surface area contributed by atoms with E-state index < -0.39 is 0 Å². The topological polar surface area (TPSA) is 56.1 Å². The fraction of sp³-hybridized carbons (Fsp3) is 0.250. The van der Waals surface area contributed by atoms with Crippen LogP contribution in [0.4, 0.5) is 0 Å². The van der Waals surface area contributed by atoms with Gasteiger partial charge in [-0.2, -0.15) is 5.10 Å². The monoisotopic (exact) mass is 285 g/mol. The third-order valence-corrected chi connectivity index (χ3v) is 3.09. The van der Waals surface area contributed by atoms with Gasteiger partial charge < -0.3 is 10.1 Å². The summed E-state index contributed by atoms with van der Waals surface area (Å²) in [6.07, 6.45) is 3.29. The molecule has 0 aliphatic rings. The average molecular weight is 285 g/mol. The predicted molar refractivity (Wildman–Crippen MR) is 81.8 cm³/mol. The van der Waals surface area contributed by atoms with Crippen LogP contribution in [0.1, 0.15) is 17.0 Å². The second kappa shape index (κ2) is 6.74. The summed E-state index contributed by atoms with van der Waals surface area (Å²) < 4.78 is 6.85. The van der Waals surface area contributed by atoms with Crippen molar-refractivity contribution in [2.75, 3.05) is 7.11 Å². The van der Waals surface area contributed by atoms with Crippen LogP contribution < -0.4 is 10.1 Å². The van der Waals surface area contributed by atoms with Gasteiger partial charge >= 0.3 is 0 Å². The van der Waals surface area contributed by atoms with Gasteiger partial charge in [0.15, 0.2) is 0 Å². The normalized spacial score (nSPS) is 10.8. The molecule has 0 atom stereocenters. The molecule has 0 saturated carbocycles. The standard InChI is InChI=1S/C16H19N3O2/c1-12-10-14(19(2)18-12)11-17-16(20)9-6-13-4-7-15(21-3)8-5-13/h4-10H,11H2,1-3H3,(H,17,20)/b9-6+. The Kier molecular flexibility index (Phi) is 4.77. The lowest BCUT2D eigenvalue weighted by molar-refractivity contribution is -0.116. The third kappa shape index (κ3) is 4.21. The number of carbonyl (C=O) groups is 1. The molecule has 1 N–H and O–H groups in total. The molecule has 0 saturated heterocycles. The molecule has 0 aliphatic heterocycles. The fourth-order valence-corrected chi connectivity index (χ4v) is 1.95. The van der Waals surface area contributed by atoms with Crippen LogP contribution in [0.15, 0.2) is 36.4 Å². The highest BCUT2D eigenvalue weighted by molar-refractivity contribution is 5.91.